The van der Waals surface area contributed by atoms with Crippen LogP contribution in [0.25, 0.3) is 0 Å². The van der Waals surface area contributed by atoms with Gasteiger partial charge in [0.25, 0.3) is 0 Å². The Morgan fingerprint density at radius 2 is 1.69 bits per heavy atom. The van der Waals surface area contributed by atoms with Crippen LogP contribution in [0.5, 0.6) is 5.75 Å². The Bertz CT molecular complexity index is 353. The molecule has 16 heavy (non-hydrogen) atoms. The van der Waals surface area contributed by atoms with Crippen LogP contribution in [0.1, 0.15) is 12.8 Å². The molecule has 1 N–H and O–H groups in total. The number of ether oxygens (including phenoxy) is 1. The maximum Gasteiger partial charge on any atom is 0.123 e. The van der Waals surface area contributed by atoms with Crippen LogP contribution in [-0.2, 0) is 0 Å². The molecule has 1 saturated carbocycles. The number of benzene rings is 1. The summed E-state index contributed by atoms with van der Waals surface area (Å²) in [5.74, 6) is 2.15. The zero-order chi connectivity index (χ0) is 11.0. The van der Waals surface area contributed by atoms with Crippen LogP contribution in [0.15, 0.2) is 24.3 Å². The quantitative estimate of drug-likeness (QED) is 0.826. The molecule has 0 spiro atoms. The molecule has 2 aliphatic rings. The minimum absolute atomic E-state index is 0.208. The SMILES string of the molecule is Fc1ccc(OC2C[C@@H]3CNC[C@H]3C2)cc1. The normalized spacial score (nSPS) is 29.3. The summed E-state index contributed by atoms with van der Waals surface area (Å²) in [5, 5.41) is 3.41. The second-order valence-corrected chi connectivity index (χ2v) is 4.84. The molecule has 3 heteroatoms. The lowest BCUT2D eigenvalue weighted by molar-refractivity contribution is 0.199. The fourth-order valence-electron chi connectivity index (χ4n) is 2.91. The Kier molecular flexibility index (Phi) is 2.56. The molecule has 0 unspecified atom stereocenters. The monoisotopic (exact) mass is 221 g/mol. The average molecular weight is 221 g/mol. The topological polar surface area (TPSA) is 21.3 Å². The molecule has 1 aromatic carbocycles. The highest BCUT2D eigenvalue weighted by molar-refractivity contribution is 5.22. The number of nitrogens with one attached hydrogen (secondary N) is 1. The van der Waals surface area contributed by atoms with E-state index in [2.05, 4.69) is 5.32 Å². The molecule has 0 aromatic heterocycles. The van der Waals surface area contributed by atoms with Gasteiger partial charge >= 0.3 is 0 Å². The fraction of sp³-hybridized carbons (Fsp3) is 0.538. The van der Waals surface area contributed by atoms with E-state index < -0.39 is 0 Å². The van der Waals surface area contributed by atoms with E-state index in [1.807, 2.05) is 0 Å². The van der Waals surface area contributed by atoms with Gasteiger partial charge in [-0.05, 0) is 62.0 Å². The van der Waals surface area contributed by atoms with Crippen LogP contribution in [0.3, 0.4) is 0 Å². The van der Waals surface area contributed by atoms with Crippen molar-refractivity contribution >= 4 is 0 Å². The first-order valence-corrected chi connectivity index (χ1v) is 5.94. The standard InChI is InChI=1S/C13H16FNO/c14-11-1-3-12(4-2-11)16-13-5-9-7-15-8-10(9)6-13/h1-4,9-10,13,15H,5-8H2/t9-,10-/m1/s1. The summed E-state index contributed by atoms with van der Waals surface area (Å²) in [5.41, 5.74) is 0. The number of halogens is 1. The molecular formula is C13H16FNO. The van der Waals surface area contributed by atoms with Crippen molar-refractivity contribution in [1.82, 2.24) is 5.32 Å². The highest BCUT2D eigenvalue weighted by Gasteiger charge is 2.38. The van der Waals surface area contributed by atoms with Gasteiger partial charge in [0, 0.05) is 0 Å². The van der Waals surface area contributed by atoms with Crippen LogP contribution in [0.4, 0.5) is 4.39 Å². The zero-order valence-electron chi connectivity index (χ0n) is 9.16. The van der Waals surface area contributed by atoms with Gasteiger partial charge in [0.05, 0.1) is 6.10 Å². The first-order chi connectivity index (χ1) is 7.81. The van der Waals surface area contributed by atoms with Crippen LogP contribution in [0.2, 0.25) is 0 Å². The fourth-order valence-corrected chi connectivity index (χ4v) is 2.91. The number of hydrogen-bond acceptors (Lipinski definition) is 2. The van der Waals surface area contributed by atoms with E-state index >= 15 is 0 Å². The van der Waals surface area contributed by atoms with Crippen LogP contribution >= 0.6 is 0 Å². The lowest BCUT2D eigenvalue weighted by Gasteiger charge is -2.14. The maximum atomic E-state index is 12.7. The van der Waals surface area contributed by atoms with Gasteiger partial charge in [0.1, 0.15) is 11.6 Å². The van der Waals surface area contributed by atoms with Crippen molar-refractivity contribution in [3.05, 3.63) is 30.1 Å². The van der Waals surface area contributed by atoms with E-state index in [9.17, 15) is 4.39 Å². The first-order valence-electron chi connectivity index (χ1n) is 5.94. The van der Waals surface area contributed by atoms with Gasteiger partial charge in [0.2, 0.25) is 0 Å². The third-order valence-electron chi connectivity index (χ3n) is 3.73. The van der Waals surface area contributed by atoms with Gasteiger partial charge in [-0.25, -0.2) is 4.39 Å². The Hall–Kier alpha value is -1.09. The molecule has 3 rings (SSSR count). The van der Waals surface area contributed by atoms with Crippen molar-refractivity contribution in [3.63, 3.8) is 0 Å². The van der Waals surface area contributed by atoms with Crippen molar-refractivity contribution < 1.29 is 9.13 Å². The van der Waals surface area contributed by atoms with Crippen molar-refractivity contribution in [2.24, 2.45) is 11.8 Å². The summed E-state index contributed by atoms with van der Waals surface area (Å²) >= 11 is 0. The van der Waals surface area contributed by atoms with E-state index in [0.29, 0.717) is 6.10 Å². The predicted molar refractivity (Wildman–Crippen MR) is 59.9 cm³/mol. The molecule has 0 amide bonds. The summed E-state index contributed by atoms with van der Waals surface area (Å²) in [6.07, 6.45) is 2.59. The molecule has 0 radical (unpaired) electrons. The third-order valence-corrected chi connectivity index (χ3v) is 3.73. The van der Waals surface area contributed by atoms with Gasteiger partial charge in [-0.2, -0.15) is 0 Å². The maximum absolute atomic E-state index is 12.7. The number of hydrogen-bond donors (Lipinski definition) is 1. The minimum Gasteiger partial charge on any atom is -0.490 e. The van der Waals surface area contributed by atoms with E-state index in [1.54, 1.807) is 12.1 Å². The Morgan fingerprint density at radius 3 is 2.31 bits per heavy atom. The predicted octanol–water partition coefficient (Wildman–Crippen LogP) is 2.20. The van der Waals surface area contributed by atoms with Gasteiger partial charge in [-0.15, -0.1) is 0 Å². The molecule has 1 heterocycles. The summed E-state index contributed by atoms with van der Waals surface area (Å²) in [6.45, 7) is 2.27. The smallest absolute Gasteiger partial charge is 0.123 e. The summed E-state index contributed by atoms with van der Waals surface area (Å²) in [7, 11) is 0. The van der Waals surface area contributed by atoms with Gasteiger partial charge in [-0.3, -0.25) is 0 Å². The molecule has 86 valence electrons. The second kappa shape index (κ2) is 4.06. The lowest BCUT2D eigenvalue weighted by atomic mass is 10.0. The van der Waals surface area contributed by atoms with E-state index in [4.69, 9.17) is 4.74 Å². The molecule has 2 fully saturated rings. The van der Waals surface area contributed by atoms with Crippen molar-refractivity contribution in [3.8, 4) is 5.75 Å². The van der Waals surface area contributed by atoms with E-state index in [-0.39, 0.29) is 5.82 Å². The summed E-state index contributed by atoms with van der Waals surface area (Å²) in [6, 6.07) is 6.32. The summed E-state index contributed by atoms with van der Waals surface area (Å²) in [4.78, 5) is 0. The van der Waals surface area contributed by atoms with E-state index in [0.717, 1.165) is 43.5 Å². The highest BCUT2D eigenvalue weighted by atomic mass is 19.1. The third kappa shape index (κ3) is 1.92. The van der Waals surface area contributed by atoms with Crippen LogP contribution < -0.4 is 10.1 Å². The number of fused-ring (bicyclic) bond motifs is 1. The minimum atomic E-state index is -0.208. The molecule has 0 bridgehead atoms. The molecular weight excluding hydrogens is 205 g/mol. The van der Waals surface area contributed by atoms with Crippen LogP contribution in [0, 0.1) is 17.7 Å². The largest absolute Gasteiger partial charge is 0.490 e. The molecule has 2 nitrogen and oxygen atoms in total. The molecule has 1 aromatic rings. The number of rotatable bonds is 2. The molecule has 1 aliphatic carbocycles. The molecule has 2 atom stereocenters. The lowest BCUT2D eigenvalue weighted by Crippen LogP contribution is -2.18. The van der Waals surface area contributed by atoms with Gasteiger partial charge in [-0.1, -0.05) is 0 Å². The Morgan fingerprint density at radius 1 is 1.06 bits per heavy atom. The average Bonchev–Trinajstić information content (AvgIpc) is 2.81. The van der Waals surface area contributed by atoms with Crippen LogP contribution in [-0.4, -0.2) is 19.2 Å². The second-order valence-electron chi connectivity index (χ2n) is 4.84. The molecule has 1 aliphatic heterocycles. The van der Waals surface area contributed by atoms with Crippen molar-refractivity contribution in [1.29, 1.82) is 0 Å². The van der Waals surface area contributed by atoms with Crippen molar-refractivity contribution in [2.75, 3.05) is 13.1 Å². The van der Waals surface area contributed by atoms with E-state index in [1.165, 1.54) is 12.1 Å². The zero-order valence-corrected chi connectivity index (χ0v) is 9.16. The Labute approximate surface area is 94.8 Å². The summed E-state index contributed by atoms with van der Waals surface area (Å²) < 4.78 is 18.6. The highest BCUT2D eigenvalue weighted by Crippen LogP contribution is 2.36. The van der Waals surface area contributed by atoms with Gasteiger partial charge < -0.3 is 10.1 Å². The van der Waals surface area contributed by atoms with Gasteiger partial charge in [0.15, 0.2) is 0 Å². The first kappa shape index (κ1) is 10.1. The molecule has 1 saturated heterocycles. The Balaban J connectivity index is 1.62. The van der Waals surface area contributed by atoms with Crippen molar-refractivity contribution in [2.45, 2.75) is 18.9 Å².